The van der Waals surface area contributed by atoms with Gasteiger partial charge in [0.15, 0.2) is 0 Å². The van der Waals surface area contributed by atoms with Crippen molar-refractivity contribution >= 4 is 60.4 Å². The van der Waals surface area contributed by atoms with Crippen molar-refractivity contribution < 1.29 is 0 Å². The SMILES string of the molecule is c1ccc(-c2ccc(N(c3ccc(-c4cccc5ccccc45)cc3)c3cccc(-c4c5ccccc5cc5c4c4ccccc4n5-c4ccccc4)c3)cc2)cc1. The van der Waals surface area contributed by atoms with Crippen molar-refractivity contribution in [3.63, 3.8) is 0 Å². The molecule has 2 heteroatoms. The normalized spacial score (nSPS) is 11.4. The average molecular weight is 739 g/mol. The molecule has 0 spiro atoms. The van der Waals surface area contributed by atoms with E-state index in [1.165, 1.54) is 76.7 Å². The summed E-state index contributed by atoms with van der Waals surface area (Å²) in [7, 11) is 0. The number of nitrogens with zero attached hydrogens (tertiary/aromatic N) is 2. The Morgan fingerprint density at radius 2 is 0.862 bits per heavy atom. The largest absolute Gasteiger partial charge is 0.310 e. The maximum Gasteiger partial charge on any atom is 0.0553 e. The Balaban J connectivity index is 1.11. The summed E-state index contributed by atoms with van der Waals surface area (Å²) in [6.07, 6.45) is 0. The monoisotopic (exact) mass is 738 g/mol. The molecule has 0 aliphatic carbocycles. The number of para-hydroxylation sites is 2. The molecule has 0 unspecified atom stereocenters. The van der Waals surface area contributed by atoms with Gasteiger partial charge in [0.05, 0.1) is 11.0 Å². The summed E-state index contributed by atoms with van der Waals surface area (Å²) in [5.41, 5.74) is 14.1. The van der Waals surface area contributed by atoms with Gasteiger partial charge in [0.2, 0.25) is 0 Å². The lowest BCUT2D eigenvalue weighted by Gasteiger charge is -2.27. The first-order valence-corrected chi connectivity index (χ1v) is 19.9. The number of anilines is 3. The van der Waals surface area contributed by atoms with Gasteiger partial charge < -0.3 is 9.47 Å². The van der Waals surface area contributed by atoms with Crippen LogP contribution in [0.4, 0.5) is 17.1 Å². The van der Waals surface area contributed by atoms with Crippen LogP contribution in [0.25, 0.3) is 82.4 Å². The van der Waals surface area contributed by atoms with Crippen LogP contribution in [0.1, 0.15) is 0 Å². The third kappa shape index (κ3) is 5.74. The minimum absolute atomic E-state index is 1.09. The second-order valence-electron chi connectivity index (χ2n) is 14.9. The summed E-state index contributed by atoms with van der Waals surface area (Å²) >= 11 is 0. The Labute approximate surface area is 338 Å². The second kappa shape index (κ2) is 14.1. The van der Waals surface area contributed by atoms with Gasteiger partial charge in [-0.15, -0.1) is 0 Å². The number of aromatic nitrogens is 1. The molecule has 11 rings (SSSR count). The molecule has 272 valence electrons. The Kier molecular flexibility index (Phi) is 8.19. The molecular weight excluding hydrogens is 701 g/mol. The van der Waals surface area contributed by atoms with Crippen LogP contribution in [-0.2, 0) is 0 Å². The highest BCUT2D eigenvalue weighted by molar-refractivity contribution is 6.23. The van der Waals surface area contributed by atoms with E-state index in [9.17, 15) is 0 Å². The van der Waals surface area contributed by atoms with Gasteiger partial charge in [-0.2, -0.15) is 0 Å². The maximum absolute atomic E-state index is 2.42. The number of fused-ring (bicyclic) bond motifs is 5. The van der Waals surface area contributed by atoms with Crippen LogP contribution in [-0.4, -0.2) is 4.57 Å². The van der Waals surface area contributed by atoms with Crippen LogP contribution in [0.15, 0.2) is 231 Å². The van der Waals surface area contributed by atoms with Crippen LogP contribution in [0.2, 0.25) is 0 Å². The predicted molar refractivity (Wildman–Crippen MR) is 247 cm³/mol. The number of hydrogen-bond donors (Lipinski definition) is 0. The van der Waals surface area contributed by atoms with Gasteiger partial charge >= 0.3 is 0 Å². The molecule has 0 aliphatic rings. The fourth-order valence-electron chi connectivity index (χ4n) is 8.90. The highest BCUT2D eigenvalue weighted by Crippen LogP contribution is 2.45. The zero-order chi connectivity index (χ0) is 38.4. The maximum atomic E-state index is 2.42. The Bertz CT molecular complexity index is 3250. The van der Waals surface area contributed by atoms with Gasteiger partial charge in [-0.25, -0.2) is 0 Å². The molecule has 0 fully saturated rings. The summed E-state index contributed by atoms with van der Waals surface area (Å²) in [5, 5.41) is 7.46. The van der Waals surface area contributed by atoms with Crippen LogP contribution >= 0.6 is 0 Å². The lowest BCUT2D eigenvalue weighted by Crippen LogP contribution is -2.10. The van der Waals surface area contributed by atoms with E-state index in [-0.39, 0.29) is 0 Å². The zero-order valence-electron chi connectivity index (χ0n) is 31.8. The molecule has 0 aliphatic heterocycles. The van der Waals surface area contributed by atoms with Crippen molar-refractivity contribution in [2.45, 2.75) is 0 Å². The highest BCUT2D eigenvalue weighted by Gasteiger charge is 2.21. The van der Waals surface area contributed by atoms with E-state index in [4.69, 9.17) is 0 Å². The molecule has 0 saturated carbocycles. The van der Waals surface area contributed by atoms with Gasteiger partial charge in [0, 0.05) is 33.5 Å². The molecule has 10 aromatic carbocycles. The Hall–Kier alpha value is -7.68. The summed E-state index contributed by atoms with van der Waals surface area (Å²) in [4.78, 5) is 2.39. The molecule has 0 bridgehead atoms. The zero-order valence-corrected chi connectivity index (χ0v) is 31.8. The smallest absolute Gasteiger partial charge is 0.0553 e. The van der Waals surface area contributed by atoms with Gasteiger partial charge in [0.1, 0.15) is 0 Å². The van der Waals surface area contributed by atoms with E-state index in [0.29, 0.717) is 0 Å². The molecule has 2 nitrogen and oxygen atoms in total. The van der Waals surface area contributed by atoms with E-state index in [2.05, 4.69) is 240 Å². The number of hydrogen-bond acceptors (Lipinski definition) is 1. The molecule has 0 amide bonds. The molecule has 1 heterocycles. The van der Waals surface area contributed by atoms with E-state index in [1.807, 2.05) is 0 Å². The number of benzene rings is 10. The fourth-order valence-corrected chi connectivity index (χ4v) is 8.90. The van der Waals surface area contributed by atoms with Crippen LogP contribution < -0.4 is 4.90 Å². The van der Waals surface area contributed by atoms with Crippen molar-refractivity contribution in [2.75, 3.05) is 4.90 Å². The molecule has 0 atom stereocenters. The van der Waals surface area contributed by atoms with Gasteiger partial charge in [-0.1, -0.05) is 170 Å². The van der Waals surface area contributed by atoms with Crippen molar-refractivity contribution in [1.29, 1.82) is 0 Å². The van der Waals surface area contributed by atoms with Crippen molar-refractivity contribution in [2.24, 2.45) is 0 Å². The Morgan fingerprint density at radius 3 is 1.62 bits per heavy atom. The first kappa shape index (κ1) is 33.6. The fraction of sp³-hybridized carbons (Fsp3) is 0. The molecular formula is C56H38N2. The molecule has 0 radical (unpaired) electrons. The van der Waals surface area contributed by atoms with Crippen molar-refractivity contribution in [3.8, 4) is 39.1 Å². The van der Waals surface area contributed by atoms with Crippen LogP contribution in [0, 0.1) is 0 Å². The second-order valence-corrected chi connectivity index (χ2v) is 14.9. The third-order valence-corrected chi connectivity index (χ3v) is 11.5. The standard InChI is InChI=1S/C56H38N2/c1-3-15-39(16-4-1)40-29-33-46(34-30-40)57(47-35-31-42(32-36-47)50-27-14-19-41-17-7-9-24-49(41)50)48-23-13-20-44(37-48)55-51-25-10-8-18-43(51)38-54-56(55)52-26-11-12-28-53(52)58(54)45-21-5-2-6-22-45/h1-38H. The first-order valence-electron chi connectivity index (χ1n) is 19.9. The topological polar surface area (TPSA) is 8.17 Å². The van der Waals surface area contributed by atoms with Gasteiger partial charge in [0.25, 0.3) is 0 Å². The van der Waals surface area contributed by atoms with Gasteiger partial charge in [-0.3, -0.25) is 0 Å². The van der Waals surface area contributed by atoms with Crippen LogP contribution in [0.3, 0.4) is 0 Å². The molecule has 58 heavy (non-hydrogen) atoms. The van der Waals surface area contributed by atoms with E-state index in [1.54, 1.807) is 0 Å². The highest BCUT2D eigenvalue weighted by atomic mass is 15.1. The molecule has 1 aromatic heterocycles. The average Bonchev–Trinajstić information content (AvgIpc) is 3.63. The summed E-state index contributed by atoms with van der Waals surface area (Å²) in [5.74, 6) is 0. The summed E-state index contributed by atoms with van der Waals surface area (Å²) in [6.45, 7) is 0. The minimum atomic E-state index is 1.09. The quantitative estimate of drug-likeness (QED) is 0.158. The molecule has 0 saturated heterocycles. The van der Waals surface area contributed by atoms with E-state index < -0.39 is 0 Å². The first-order chi connectivity index (χ1) is 28.8. The molecule has 11 aromatic rings. The lowest BCUT2D eigenvalue weighted by molar-refractivity contribution is 1.18. The third-order valence-electron chi connectivity index (χ3n) is 11.5. The van der Waals surface area contributed by atoms with Crippen molar-refractivity contribution in [1.82, 2.24) is 4.57 Å². The summed E-state index contributed by atoms with van der Waals surface area (Å²) in [6, 6.07) is 83.7. The van der Waals surface area contributed by atoms with Crippen LogP contribution in [0.5, 0.6) is 0 Å². The Morgan fingerprint density at radius 1 is 0.310 bits per heavy atom. The van der Waals surface area contributed by atoms with E-state index >= 15 is 0 Å². The minimum Gasteiger partial charge on any atom is -0.310 e. The van der Waals surface area contributed by atoms with Crippen molar-refractivity contribution in [3.05, 3.63) is 231 Å². The van der Waals surface area contributed by atoms with Gasteiger partial charge in [-0.05, 0) is 116 Å². The number of rotatable bonds is 7. The summed E-state index contributed by atoms with van der Waals surface area (Å²) < 4.78 is 2.42. The lowest BCUT2D eigenvalue weighted by atomic mass is 9.92. The predicted octanol–water partition coefficient (Wildman–Crippen LogP) is 15.6. The van der Waals surface area contributed by atoms with E-state index in [0.717, 1.165) is 22.7 Å². The molecule has 0 N–H and O–H groups in total.